The van der Waals surface area contributed by atoms with E-state index < -0.39 is 31.6 Å². The van der Waals surface area contributed by atoms with Crippen LogP contribution >= 0.6 is 11.3 Å². The fourth-order valence-corrected chi connectivity index (χ4v) is 6.57. The van der Waals surface area contributed by atoms with E-state index >= 15 is 0 Å². The lowest BCUT2D eigenvalue weighted by atomic mass is 10.1. The van der Waals surface area contributed by atoms with Gasteiger partial charge in [0.25, 0.3) is 0 Å². The topological polar surface area (TPSA) is 59.5 Å². The number of aromatic nitrogens is 1. The average Bonchev–Trinajstić information content (AvgIpc) is 3.22. The van der Waals surface area contributed by atoms with Gasteiger partial charge in [0.2, 0.25) is 0 Å². The summed E-state index contributed by atoms with van der Waals surface area (Å²) in [5.41, 5.74) is 1.95. The lowest BCUT2D eigenvalue weighted by Gasteiger charge is -2.31. The van der Waals surface area contributed by atoms with Crippen molar-refractivity contribution in [3.63, 3.8) is 0 Å². The summed E-state index contributed by atoms with van der Waals surface area (Å²) < 4.78 is 59.1. The fraction of sp³-hybridized carbons (Fsp3) is 0.318. The summed E-state index contributed by atoms with van der Waals surface area (Å²) in [6.07, 6.45) is 1.22. The third kappa shape index (κ3) is 4.43. The molecular weight excluding hydrogens is 442 g/mol. The zero-order chi connectivity index (χ0) is 22.0. The van der Waals surface area contributed by atoms with Gasteiger partial charge in [-0.15, -0.1) is 11.3 Å². The number of sulfone groups is 1. The van der Waals surface area contributed by atoms with Crippen molar-refractivity contribution in [2.24, 2.45) is 0 Å². The minimum absolute atomic E-state index is 0.289. The van der Waals surface area contributed by atoms with Crippen molar-refractivity contribution >= 4 is 26.3 Å². The molecule has 1 aromatic heterocycles. The largest absolute Gasteiger partial charge is 0.496 e. The van der Waals surface area contributed by atoms with E-state index in [4.69, 9.17) is 9.72 Å². The first-order valence-corrected chi connectivity index (χ1v) is 12.3. The van der Waals surface area contributed by atoms with Crippen LogP contribution in [0, 0.1) is 11.6 Å². The Labute approximate surface area is 184 Å². The normalized spacial score (nSPS) is 15.3. The SMILES string of the molecule is COc1ccccc1Cc1csc(N2CCC(S(=O)(=O)c3c(F)cccc3F)CC2)n1. The van der Waals surface area contributed by atoms with Gasteiger partial charge in [-0.2, -0.15) is 0 Å². The number of hydrogen-bond donors (Lipinski definition) is 0. The second-order valence-electron chi connectivity index (χ2n) is 7.39. The Hall–Kier alpha value is -2.52. The summed E-state index contributed by atoms with van der Waals surface area (Å²) in [7, 11) is -2.44. The number of benzene rings is 2. The summed E-state index contributed by atoms with van der Waals surface area (Å²) in [4.78, 5) is 5.91. The summed E-state index contributed by atoms with van der Waals surface area (Å²) in [6.45, 7) is 0.920. The maximum Gasteiger partial charge on any atom is 0.187 e. The minimum Gasteiger partial charge on any atom is -0.496 e. The molecule has 31 heavy (non-hydrogen) atoms. The molecule has 1 saturated heterocycles. The predicted molar refractivity (Wildman–Crippen MR) is 117 cm³/mol. The van der Waals surface area contributed by atoms with Crippen LogP contribution in [-0.2, 0) is 16.3 Å². The second kappa shape index (κ2) is 8.92. The van der Waals surface area contributed by atoms with Crippen LogP contribution in [-0.4, -0.2) is 38.9 Å². The predicted octanol–water partition coefficient (Wildman–Crippen LogP) is 4.46. The molecule has 0 aliphatic carbocycles. The van der Waals surface area contributed by atoms with E-state index in [0.29, 0.717) is 19.5 Å². The Morgan fingerprint density at radius 1 is 1.10 bits per heavy atom. The Morgan fingerprint density at radius 2 is 1.77 bits per heavy atom. The van der Waals surface area contributed by atoms with Crippen LogP contribution in [0.4, 0.5) is 13.9 Å². The molecule has 0 amide bonds. The molecule has 0 atom stereocenters. The molecule has 2 aromatic carbocycles. The summed E-state index contributed by atoms with van der Waals surface area (Å²) in [5.74, 6) is -1.27. The lowest BCUT2D eigenvalue weighted by molar-refractivity contribution is 0.410. The Balaban J connectivity index is 1.44. The smallest absolute Gasteiger partial charge is 0.187 e. The molecule has 0 radical (unpaired) electrons. The number of nitrogens with zero attached hydrogens (tertiary/aromatic N) is 2. The van der Waals surface area contributed by atoms with Gasteiger partial charge in [0.15, 0.2) is 15.0 Å². The number of rotatable bonds is 6. The second-order valence-corrected chi connectivity index (χ2v) is 10.4. The van der Waals surface area contributed by atoms with Crippen LogP contribution < -0.4 is 9.64 Å². The molecule has 4 rings (SSSR count). The number of ether oxygens (including phenoxy) is 1. The summed E-state index contributed by atoms with van der Waals surface area (Å²) in [5, 5.41) is 1.99. The molecule has 1 aliphatic heterocycles. The van der Waals surface area contributed by atoms with Crippen molar-refractivity contribution in [1.82, 2.24) is 4.98 Å². The van der Waals surface area contributed by atoms with Crippen LogP contribution in [0.3, 0.4) is 0 Å². The van der Waals surface area contributed by atoms with E-state index in [-0.39, 0.29) is 12.8 Å². The average molecular weight is 465 g/mol. The number of piperidine rings is 1. The first kappa shape index (κ1) is 21.7. The molecular formula is C22H22F2N2O3S2. The third-order valence-corrected chi connectivity index (χ3v) is 8.72. The maximum atomic E-state index is 14.0. The Morgan fingerprint density at radius 3 is 2.45 bits per heavy atom. The van der Waals surface area contributed by atoms with Gasteiger partial charge < -0.3 is 9.64 Å². The van der Waals surface area contributed by atoms with Crippen molar-refractivity contribution in [2.75, 3.05) is 25.1 Å². The highest BCUT2D eigenvalue weighted by Gasteiger charge is 2.35. The van der Waals surface area contributed by atoms with Crippen LogP contribution in [0.1, 0.15) is 24.1 Å². The van der Waals surface area contributed by atoms with Crippen molar-refractivity contribution in [3.8, 4) is 5.75 Å². The van der Waals surface area contributed by atoms with E-state index in [0.717, 1.165) is 40.3 Å². The maximum absolute atomic E-state index is 14.0. The van der Waals surface area contributed by atoms with E-state index in [1.54, 1.807) is 7.11 Å². The molecule has 1 fully saturated rings. The Bertz CT molecular complexity index is 1150. The molecule has 3 aromatic rings. The minimum atomic E-state index is -4.08. The van der Waals surface area contributed by atoms with Crippen LogP contribution in [0.5, 0.6) is 5.75 Å². The Kier molecular flexibility index (Phi) is 6.24. The van der Waals surface area contributed by atoms with E-state index in [1.807, 2.05) is 34.5 Å². The van der Waals surface area contributed by atoms with Crippen molar-refractivity contribution in [3.05, 3.63) is 70.7 Å². The van der Waals surface area contributed by atoms with Gasteiger partial charge in [-0.25, -0.2) is 22.2 Å². The summed E-state index contributed by atoms with van der Waals surface area (Å²) >= 11 is 1.50. The molecule has 0 N–H and O–H groups in total. The third-order valence-electron chi connectivity index (χ3n) is 5.46. The fourth-order valence-electron chi connectivity index (χ4n) is 3.85. The molecule has 0 bridgehead atoms. The van der Waals surface area contributed by atoms with Gasteiger partial charge in [-0.1, -0.05) is 24.3 Å². The molecule has 164 valence electrons. The first-order chi connectivity index (χ1) is 14.9. The monoisotopic (exact) mass is 464 g/mol. The standard InChI is InChI=1S/C22H22F2N2O3S2/c1-29-20-8-3-2-5-15(20)13-16-14-30-22(25-16)26-11-9-17(10-12-26)31(27,28)21-18(23)6-4-7-19(21)24/h2-8,14,17H,9-13H2,1H3. The van der Waals surface area contributed by atoms with Gasteiger partial charge >= 0.3 is 0 Å². The number of para-hydroxylation sites is 1. The van der Waals surface area contributed by atoms with Crippen LogP contribution in [0.2, 0.25) is 0 Å². The van der Waals surface area contributed by atoms with Crippen LogP contribution in [0.25, 0.3) is 0 Å². The highest BCUT2D eigenvalue weighted by molar-refractivity contribution is 7.92. The van der Waals surface area contributed by atoms with E-state index in [2.05, 4.69) is 0 Å². The van der Waals surface area contributed by atoms with Gasteiger partial charge in [-0.3, -0.25) is 0 Å². The molecule has 9 heteroatoms. The molecule has 5 nitrogen and oxygen atoms in total. The number of thiazole rings is 1. The van der Waals surface area contributed by atoms with E-state index in [9.17, 15) is 17.2 Å². The van der Waals surface area contributed by atoms with Crippen molar-refractivity contribution in [2.45, 2.75) is 29.4 Å². The highest BCUT2D eigenvalue weighted by Crippen LogP contribution is 2.32. The zero-order valence-electron chi connectivity index (χ0n) is 16.9. The summed E-state index contributed by atoms with van der Waals surface area (Å²) in [6, 6.07) is 10.9. The van der Waals surface area contributed by atoms with Gasteiger partial charge in [0, 0.05) is 30.5 Å². The quantitative estimate of drug-likeness (QED) is 0.539. The number of halogens is 2. The lowest BCUT2D eigenvalue weighted by Crippen LogP contribution is -2.39. The first-order valence-electron chi connectivity index (χ1n) is 9.89. The highest BCUT2D eigenvalue weighted by atomic mass is 32.2. The van der Waals surface area contributed by atoms with E-state index in [1.165, 1.54) is 11.3 Å². The molecule has 1 aliphatic rings. The number of anilines is 1. The van der Waals surface area contributed by atoms with Crippen molar-refractivity contribution in [1.29, 1.82) is 0 Å². The van der Waals surface area contributed by atoms with Gasteiger partial charge in [-0.05, 0) is 31.0 Å². The zero-order valence-corrected chi connectivity index (χ0v) is 18.6. The molecule has 0 saturated carbocycles. The molecule has 2 heterocycles. The molecule has 0 spiro atoms. The van der Waals surface area contributed by atoms with Crippen LogP contribution in [0.15, 0.2) is 52.7 Å². The number of methoxy groups -OCH3 is 1. The molecule has 0 unspecified atom stereocenters. The van der Waals surface area contributed by atoms with Crippen molar-refractivity contribution < 1.29 is 21.9 Å². The van der Waals surface area contributed by atoms with Gasteiger partial charge in [0.05, 0.1) is 18.1 Å². The number of hydrogen-bond acceptors (Lipinski definition) is 6. The van der Waals surface area contributed by atoms with Gasteiger partial charge in [0.1, 0.15) is 22.3 Å².